The summed E-state index contributed by atoms with van der Waals surface area (Å²) in [4.78, 5) is 17.2. The van der Waals surface area contributed by atoms with Crippen LogP contribution in [0.3, 0.4) is 0 Å². The molecule has 1 saturated carbocycles. The highest BCUT2D eigenvalue weighted by molar-refractivity contribution is 5.92. The molecule has 0 aromatic carbocycles. The highest BCUT2D eigenvalue weighted by Gasteiger charge is 2.33. The fraction of sp³-hybridized carbons (Fsp3) is 0.455. The Kier molecular flexibility index (Phi) is 2.78. The van der Waals surface area contributed by atoms with Crippen molar-refractivity contribution in [1.29, 1.82) is 0 Å². The topological polar surface area (TPSA) is 71.2 Å². The molecule has 1 heterocycles. The van der Waals surface area contributed by atoms with E-state index >= 15 is 0 Å². The van der Waals surface area contributed by atoms with Crippen molar-refractivity contribution in [3.63, 3.8) is 0 Å². The molecule has 0 radical (unpaired) electrons. The number of pyridine rings is 1. The summed E-state index contributed by atoms with van der Waals surface area (Å²) < 4.78 is 0. The minimum Gasteiger partial charge on any atom is -0.381 e. The van der Waals surface area contributed by atoms with Crippen LogP contribution in [-0.2, 0) is 0 Å². The molecular weight excluding hydrogens is 204 g/mol. The molecule has 1 aromatic heterocycles. The first-order valence-electron chi connectivity index (χ1n) is 5.28. The average molecular weight is 220 g/mol. The summed E-state index contributed by atoms with van der Waals surface area (Å²) in [7, 11) is 3.42. The van der Waals surface area contributed by atoms with Crippen LogP contribution in [0.15, 0.2) is 18.3 Å². The van der Waals surface area contributed by atoms with E-state index in [1.807, 2.05) is 6.07 Å². The van der Waals surface area contributed by atoms with E-state index in [1.54, 1.807) is 26.4 Å². The van der Waals surface area contributed by atoms with Crippen molar-refractivity contribution < 1.29 is 4.79 Å². The lowest BCUT2D eigenvalue weighted by molar-refractivity contribution is 0.0822. The number of amides is 1. The van der Waals surface area contributed by atoms with Gasteiger partial charge in [-0.25, -0.2) is 0 Å². The minimum absolute atomic E-state index is 0.0938. The van der Waals surface area contributed by atoms with Crippen molar-refractivity contribution in [2.75, 3.05) is 19.4 Å². The van der Waals surface area contributed by atoms with E-state index in [9.17, 15) is 4.79 Å². The Morgan fingerprint density at radius 3 is 2.88 bits per heavy atom. The largest absolute Gasteiger partial charge is 0.381 e. The van der Waals surface area contributed by atoms with Crippen molar-refractivity contribution in [3.05, 3.63) is 24.0 Å². The maximum Gasteiger partial charge on any atom is 0.272 e. The third kappa shape index (κ3) is 2.30. The number of carbonyl (C=O) groups is 1. The number of hydrogen-bond acceptors (Lipinski definition) is 4. The Bertz CT molecular complexity index is 405. The van der Waals surface area contributed by atoms with Gasteiger partial charge in [0.2, 0.25) is 0 Å². The fourth-order valence-electron chi connectivity index (χ4n) is 1.46. The Morgan fingerprint density at radius 1 is 1.62 bits per heavy atom. The highest BCUT2D eigenvalue weighted by atomic mass is 16.2. The number of hydrogen-bond donors (Lipinski definition) is 2. The van der Waals surface area contributed by atoms with Crippen LogP contribution in [0.25, 0.3) is 0 Å². The minimum atomic E-state index is -0.0938. The lowest BCUT2D eigenvalue weighted by Gasteiger charge is -2.11. The summed E-state index contributed by atoms with van der Waals surface area (Å²) in [5.41, 5.74) is 7.06. The predicted octanol–water partition coefficient (Wildman–Crippen LogP) is 0.295. The molecule has 5 nitrogen and oxygen atoms in total. The fourth-order valence-corrected chi connectivity index (χ4v) is 1.46. The Balaban J connectivity index is 2.10. The molecule has 3 N–H and O–H groups in total. The SMILES string of the molecule is CN(C)C(=O)c1cc(NC2CC2N)ccn1. The zero-order valence-electron chi connectivity index (χ0n) is 9.47. The second-order valence-electron chi connectivity index (χ2n) is 4.28. The maximum absolute atomic E-state index is 11.7. The van der Waals surface area contributed by atoms with Gasteiger partial charge < -0.3 is 16.0 Å². The van der Waals surface area contributed by atoms with E-state index in [-0.39, 0.29) is 11.9 Å². The molecule has 0 aliphatic heterocycles. The van der Waals surface area contributed by atoms with Gasteiger partial charge in [0.15, 0.2) is 0 Å². The molecule has 1 aliphatic rings. The summed E-state index contributed by atoms with van der Waals surface area (Å²) in [5.74, 6) is -0.0938. The first-order valence-corrected chi connectivity index (χ1v) is 5.28. The third-order valence-corrected chi connectivity index (χ3v) is 2.58. The molecular formula is C11H16N4O. The smallest absolute Gasteiger partial charge is 0.272 e. The molecule has 1 aliphatic carbocycles. The van der Waals surface area contributed by atoms with Crippen molar-refractivity contribution in [2.24, 2.45) is 5.73 Å². The summed E-state index contributed by atoms with van der Waals surface area (Å²) in [5, 5.41) is 3.26. The number of nitrogens with zero attached hydrogens (tertiary/aromatic N) is 2. The highest BCUT2D eigenvalue weighted by Crippen LogP contribution is 2.23. The van der Waals surface area contributed by atoms with Gasteiger partial charge in [-0.2, -0.15) is 0 Å². The van der Waals surface area contributed by atoms with Crippen molar-refractivity contribution in [3.8, 4) is 0 Å². The summed E-state index contributed by atoms with van der Waals surface area (Å²) in [6.07, 6.45) is 2.62. The van der Waals surface area contributed by atoms with Gasteiger partial charge in [-0.1, -0.05) is 0 Å². The van der Waals surface area contributed by atoms with Crippen LogP contribution < -0.4 is 11.1 Å². The van der Waals surface area contributed by atoms with Crippen molar-refractivity contribution in [1.82, 2.24) is 9.88 Å². The van der Waals surface area contributed by atoms with E-state index < -0.39 is 0 Å². The Morgan fingerprint density at radius 2 is 2.31 bits per heavy atom. The molecule has 0 saturated heterocycles. The lowest BCUT2D eigenvalue weighted by Crippen LogP contribution is -2.23. The van der Waals surface area contributed by atoms with E-state index in [0.29, 0.717) is 11.7 Å². The zero-order chi connectivity index (χ0) is 11.7. The van der Waals surface area contributed by atoms with Crippen molar-refractivity contribution >= 4 is 11.6 Å². The van der Waals surface area contributed by atoms with E-state index in [1.165, 1.54) is 4.90 Å². The van der Waals surface area contributed by atoms with Gasteiger partial charge in [0.1, 0.15) is 5.69 Å². The molecule has 2 rings (SSSR count). The molecule has 0 spiro atoms. The average Bonchev–Trinajstić information content (AvgIpc) is 2.93. The van der Waals surface area contributed by atoms with Crippen LogP contribution in [0.4, 0.5) is 5.69 Å². The maximum atomic E-state index is 11.7. The van der Waals surface area contributed by atoms with Crippen LogP contribution in [0.1, 0.15) is 16.9 Å². The molecule has 16 heavy (non-hydrogen) atoms. The van der Waals surface area contributed by atoms with Gasteiger partial charge in [0, 0.05) is 38.1 Å². The Hall–Kier alpha value is -1.62. The molecule has 2 atom stereocenters. The molecule has 0 bridgehead atoms. The number of nitrogens with two attached hydrogens (primary N) is 1. The normalized spacial score (nSPS) is 22.7. The van der Waals surface area contributed by atoms with Gasteiger partial charge >= 0.3 is 0 Å². The van der Waals surface area contributed by atoms with Gasteiger partial charge in [0.05, 0.1) is 0 Å². The van der Waals surface area contributed by atoms with Crippen LogP contribution in [0.2, 0.25) is 0 Å². The lowest BCUT2D eigenvalue weighted by atomic mass is 10.3. The summed E-state index contributed by atoms with van der Waals surface area (Å²) >= 11 is 0. The number of anilines is 1. The van der Waals surface area contributed by atoms with Crippen LogP contribution in [-0.4, -0.2) is 42.0 Å². The van der Waals surface area contributed by atoms with Gasteiger partial charge in [-0.3, -0.25) is 9.78 Å². The second kappa shape index (κ2) is 4.09. The van der Waals surface area contributed by atoms with Crippen LogP contribution >= 0.6 is 0 Å². The first-order chi connectivity index (χ1) is 7.58. The first kappa shape index (κ1) is 10.9. The standard InChI is InChI=1S/C11H16N4O/c1-15(2)11(16)10-5-7(3-4-13-10)14-9-6-8(9)12/h3-5,8-9H,6,12H2,1-2H3,(H,13,14). The Labute approximate surface area is 94.6 Å². The molecule has 1 aromatic rings. The molecule has 1 amide bonds. The molecule has 5 heteroatoms. The number of nitrogens with one attached hydrogen (secondary N) is 1. The number of aromatic nitrogens is 1. The molecule has 1 fully saturated rings. The number of carbonyl (C=O) groups excluding carboxylic acids is 1. The van der Waals surface area contributed by atoms with E-state index in [0.717, 1.165) is 12.1 Å². The van der Waals surface area contributed by atoms with Gasteiger partial charge in [0.25, 0.3) is 5.91 Å². The predicted molar refractivity (Wildman–Crippen MR) is 62.3 cm³/mol. The van der Waals surface area contributed by atoms with Crippen LogP contribution in [0.5, 0.6) is 0 Å². The van der Waals surface area contributed by atoms with E-state index in [2.05, 4.69) is 10.3 Å². The van der Waals surface area contributed by atoms with E-state index in [4.69, 9.17) is 5.73 Å². The summed E-state index contributed by atoms with van der Waals surface area (Å²) in [6.45, 7) is 0. The van der Waals surface area contributed by atoms with Gasteiger partial charge in [-0.15, -0.1) is 0 Å². The zero-order valence-corrected chi connectivity index (χ0v) is 9.47. The number of rotatable bonds is 3. The molecule has 2 unspecified atom stereocenters. The van der Waals surface area contributed by atoms with Crippen molar-refractivity contribution in [2.45, 2.75) is 18.5 Å². The summed E-state index contributed by atoms with van der Waals surface area (Å²) in [6, 6.07) is 4.18. The second-order valence-corrected chi connectivity index (χ2v) is 4.28. The third-order valence-electron chi connectivity index (χ3n) is 2.58. The quantitative estimate of drug-likeness (QED) is 0.768. The monoisotopic (exact) mass is 220 g/mol. The van der Waals surface area contributed by atoms with Gasteiger partial charge in [-0.05, 0) is 18.6 Å². The van der Waals surface area contributed by atoms with Crippen LogP contribution in [0, 0.1) is 0 Å². The molecule has 86 valence electrons.